The van der Waals surface area contributed by atoms with Gasteiger partial charge < -0.3 is 9.64 Å². The molecule has 4 rings (SSSR count). The summed E-state index contributed by atoms with van der Waals surface area (Å²) in [5.41, 5.74) is 3.35. The van der Waals surface area contributed by atoms with Crippen LogP contribution in [-0.2, 0) is 11.3 Å². The van der Waals surface area contributed by atoms with E-state index >= 15 is 0 Å². The van der Waals surface area contributed by atoms with Crippen molar-refractivity contribution in [3.05, 3.63) is 53.3 Å². The number of aromatic nitrogens is 2. The molecule has 1 N–H and O–H groups in total. The number of aryl methyl sites for hydroxylation is 1. The van der Waals surface area contributed by atoms with Gasteiger partial charge in [-0.1, -0.05) is 24.3 Å². The summed E-state index contributed by atoms with van der Waals surface area (Å²) in [6, 6.07) is 10.4. The van der Waals surface area contributed by atoms with E-state index in [4.69, 9.17) is 4.74 Å². The zero-order chi connectivity index (χ0) is 20.1. The number of piperidine rings is 1. The van der Waals surface area contributed by atoms with Gasteiger partial charge in [-0.3, -0.25) is 14.8 Å². The summed E-state index contributed by atoms with van der Waals surface area (Å²) in [5.74, 6) is 0.580. The lowest BCUT2D eigenvalue weighted by Gasteiger charge is -2.35. The first-order chi connectivity index (χ1) is 14.2. The molecule has 0 aliphatic carbocycles. The highest BCUT2D eigenvalue weighted by Gasteiger charge is 2.28. The zero-order valence-corrected chi connectivity index (χ0v) is 17.3. The number of amides is 1. The number of rotatable bonds is 7. The third kappa shape index (κ3) is 5.25. The number of hydrogen-bond acceptors (Lipinski definition) is 4. The topological polar surface area (TPSA) is 61.5 Å². The summed E-state index contributed by atoms with van der Waals surface area (Å²) in [6.07, 6.45) is 6.20. The summed E-state index contributed by atoms with van der Waals surface area (Å²) in [6.45, 7) is 7.68. The van der Waals surface area contributed by atoms with E-state index in [2.05, 4.69) is 46.3 Å². The monoisotopic (exact) mass is 396 g/mol. The van der Waals surface area contributed by atoms with Gasteiger partial charge >= 0.3 is 0 Å². The minimum absolute atomic E-state index is 0.0420. The normalized spacial score (nSPS) is 20.8. The Morgan fingerprint density at radius 3 is 2.72 bits per heavy atom. The molecule has 1 amide bonds. The third-order valence-corrected chi connectivity index (χ3v) is 6.31. The van der Waals surface area contributed by atoms with Crippen LogP contribution in [0.5, 0.6) is 0 Å². The van der Waals surface area contributed by atoms with E-state index in [1.165, 1.54) is 11.1 Å². The van der Waals surface area contributed by atoms with Crippen LogP contribution in [0.15, 0.2) is 36.5 Å². The smallest absolute Gasteiger partial charge is 0.271 e. The molecule has 156 valence electrons. The third-order valence-electron chi connectivity index (χ3n) is 6.31. The zero-order valence-electron chi connectivity index (χ0n) is 17.3. The van der Waals surface area contributed by atoms with Crippen LogP contribution in [0.2, 0.25) is 0 Å². The van der Waals surface area contributed by atoms with Crippen LogP contribution < -0.4 is 0 Å². The summed E-state index contributed by atoms with van der Waals surface area (Å²) in [7, 11) is 0. The first kappa shape index (κ1) is 20.1. The molecule has 2 fully saturated rings. The van der Waals surface area contributed by atoms with Crippen molar-refractivity contribution in [3.8, 4) is 0 Å². The van der Waals surface area contributed by atoms with E-state index < -0.39 is 0 Å². The fourth-order valence-electron chi connectivity index (χ4n) is 4.49. The lowest BCUT2D eigenvalue weighted by molar-refractivity contribution is 0.0440. The first-order valence-corrected chi connectivity index (χ1v) is 10.9. The van der Waals surface area contributed by atoms with Gasteiger partial charge in [-0.25, -0.2) is 0 Å². The van der Waals surface area contributed by atoms with Gasteiger partial charge in [0.25, 0.3) is 5.91 Å². The maximum absolute atomic E-state index is 13.0. The van der Waals surface area contributed by atoms with Crippen LogP contribution in [0.4, 0.5) is 0 Å². The van der Waals surface area contributed by atoms with E-state index in [-0.39, 0.29) is 12.0 Å². The van der Waals surface area contributed by atoms with Crippen molar-refractivity contribution in [2.24, 2.45) is 5.92 Å². The molecule has 6 heteroatoms. The Labute approximate surface area is 173 Å². The van der Waals surface area contributed by atoms with E-state index in [0.717, 1.165) is 58.5 Å². The maximum Gasteiger partial charge on any atom is 0.271 e. The van der Waals surface area contributed by atoms with Crippen molar-refractivity contribution >= 4 is 5.91 Å². The average molecular weight is 397 g/mol. The van der Waals surface area contributed by atoms with E-state index in [1.54, 1.807) is 12.3 Å². The molecule has 2 saturated heterocycles. The number of aromatic amines is 1. The number of nitrogens with zero attached hydrogens (tertiary/aromatic N) is 3. The summed E-state index contributed by atoms with van der Waals surface area (Å²) < 4.78 is 5.81. The van der Waals surface area contributed by atoms with Gasteiger partial charge in [0.05, 0.1) is 6.10 Å². The summed E-state index contributed by atoms with van der Waals surface area (Å²) in [4.78, 5) is 17.5. The summed E-state index contributed by atoms with van der Waals surface area (Å²) >= 11 is 0. The highest BCUT2D eigenvalue weighted by Crippen LogP contribution is 2.23. The molecule has 29 heavy (non-hydrogen) atoms. The molecule has 1 aromatic heterocycles. The fourth-order valence-corrected chi connectivity index (χ4v) is 4.49. The van der Waals surface area contributed by atoms with Crippen LogP contribution in [0.3, 0.4) is 0 Å². The molecular weight excluding hydrogens is 364 g/mol. The second-order valence-corrected chi connectivity index (χ2v) is 8.46. The molecule has 0 unspecified atom stereocenters. The Bertz CT molecular complexity index is 778. The second-order valence-electron chi connectivity index (χ2n) is 8.46. The number of likely N-dealkylation sites (tertiary alicyclic amines) is 1. The van der Waals surface area contributed by atoms with Crippen LogP contribution in [0.25, 0.3) is 0 Å². The van der Waals surface area contributed by atoms with Crippen LogP contribution >= 0.6 is 0 Å². The number of hydrogen-bond donors (Lipinski definition) is 1. The average Bonchev–Trinajstić information content (AvgIpc) is 3.44. The number of carbonyl (C=O) groups is 1. The quantitative estimate of drug-likeness (QED) is 0.780. The van der Waals surface area contributed by atoms with Gasteiger partial charge in [0, 0.05) is 32.4 Å². The van der Waals surface area contributed by atoms with Crippen molar-refractivity contribution in [2.75, 3.05) is 32.8 Å². The molecule has 2 aliphatic rings. The number of ether oxygens (including phenoxy) is 1. The largest absolute Gasteiger partial charge is 0.376 e. The Balaban J connectivity index is 1.33. The summed E-state index contributed by atoms with van der Waals surface area (Å²) in [5, 5.41) is 6.78. The predicted octanol–water partition coefficient (Wildman–Crippen LogP) is 3.25. The van der Waals surface area contributed by atoms with Gasteiger partial charge in [0.15, 0.2) is 0 Å². The number of carbonyl (C=O) groups excluding carboxylic acids is 1. The van der Waals surface area contributed by atoms with Gasteiger partial charge in [-0.2, -0.15) is 5.10 Å². The van der Waals surface area contributed by atoms with E-state index in [0.29, 0.717) is 18.2 Å². The molecule has 2 aliphatic heterocycles. The number of H-pyrrole nitrogens is 1. The van der Waals surface area contributed by atoms with Crippen molar-refractivity contribution in [1.29, 1.82) is 0 Å². The van der Waals surface area contributed by atoms with Crippen molar-refractivity contribution in [2.45, 2.75) is 45.3 Å². The van der Waals surface area contributed by atoms with Gasteiger partial charge in [0.2, 0.25) is 0 Å². The molecule has 3 heterocycles. The Hall–Kier alpha value is -2.18. The van der Waals surface area contributed by atoms with E-state index in [9.17, 15) is 4.79 Å². The van der Waals surface area contributed by atoms with Crippen LogP contribution in [0, 0.1) is 12.8 Å². The fraction of sp³-hybridized carbons (Fsp3) is 0.565. The highest BCUT2D eigenvalue weighted by molar-refractivity contribution is 5.92. The van der Waals surface area contributed by atoms with Gasteiger partial charge in [0.1, 0.15) is 5.69 Å². The Morgan fingerprint density at radius 1 is 1.21 bits per heavy atom. The maximum atomic E-state index is 13.0. The van der Waals surface area contributed by atoms with Crippen molar-refractivity contribution < 1.29 is 9.53 Å². The van der Waals surface area contributed by atoms with Crippen molar-refractivity contribution in [1.82, 2.24) is 20.0 Å². The predicted molar refractivity (Wildman–Crippen MR) is 113 cm³/mol. The van der Waals surface area contributed by atoms with Gasteiger partial charge in [-0.05, 0) is 68.8 Å². The molecule has 6 nitrogen and oxygen atoms in total. The van der Waals surface area contributed by atoms with Crippen molar-refractivity contribution in [3.63, 3.8) is 0 Å². The molecule has 1 atom stereocenters. The SMILES string of the molecule is Cc1ccccc1CN1CCC(CN(C[C@@H]2CCCO2)C(=O)c2ccn[nH]2)CC1. The minimum Gasteiger partial charge on any atom is -0.376 e. The molecule has 2 aromatic rings. The number of benzene rings is 1. The Morgan fingerprint density at radius 2 is 2.03 bits per heavy atom. The van der Waals surface area contributed by atoms with Crippen LogP contribution in [-0.4, -0.2) is 64.8 Å². The molecular formula is C23H32N4O2. The standard InChI is InChI=1S/C23H32N4O2/c1-18-5-2-3-6-20(18)16-26-12-9-19(10-13-26)15-27(17-21-7-4-14-29-21)23(28)22-8-11-24-25-22/h2-3,5-6,8,11,19,21H,4,7,9-10,12-17H2,1H3,(H,24,25)/t21-/m0/s1. The number of nitrogens with one attached hydrogen (secondary N) is 1. The lowest BCUT2D eigenvalue weighted by Crippen LogP contribution is -2.43. The Kier molecular flexibility index (Phi) is 6.62. The molecule has 0 spiro atoms. The highest BCUT2D eigenvalue weighted by atomic mass is 16.5. The second kappa shape index (κ2) is 9.55. The molecule has 0 bridgehead atoms. The molecule has 1 aromatic carbocycles. The van der Waals surface area contributed by atoms with Crippen LogP contribution in [0.1, 0.15) is 47.3 Å². The van der Waals surface area contributed by atoms with E-state index in [1.807, 2.05) is 4.90 Å². The lowest BCUT2D eigenvalue weighted by atomic mass is 9.95. The first-order valence-electron chi connectivity index (χ1n) is 10.9. The minimum atomic E-state index is 0.0420. The molecule has 0 saturated carbocycles. The van der Waals surface area contributed by atoms with Gasteiger partial charge in [-0.15, -0.1) is 0 Å². The molecule has 0 radical (unpaired) electrons.